The van der Waals surface area contributed by atoms with Crippen molar-refractivity contribution >= 4 is 33.8 Å². The molecule has 18 heavy (non-hydrogen) atoms. The van der Waals surface area contributed by atoms with Crippen molar-refractivity contribution in [3.8, 4) is 11.5 Å². The molecule has 0 aliphatic heterocycles. The fourth-order valence-electron chi connectivity index (χ4n) is 1.39. The maximum atomic E-state index is 13.3. The van der Waals surface area contributed by atoms with Crippen LogP contribution < -0.4 is 4.74 Å². The Morgan fingerprint density at radius 1 is 1.28 bits per heavy atom. The van der Waals surface area contributed by atoms with Gasteiger partial charge in [0.05, 0.1) is 15.1 Å². The molecule has 0 unspecified atom stereocenters. The number of halogens is 3. The molecule has 0 atom stereocenters. The number of rotatable bonds is 3. The highest BCUT2D eigenvalue weighted by Gasteiger charge is 2.09. The summed E-state index contributed by atoms with van der Waals surface area (Å²) in [4.78, 5) is 10.9. The summed E-state index contributed by atoms with van der Waals surface area (Å²) in [5, 5.41) is 0.292. The average molecular weight is 330 g/mol. The van der Waals surface area contributed by atoms with E-state index in [4.69, 9.17) is 16.3 Å². The third-order valence-corrected chi connectivity index (χ3v) is 3.22. The van der Waals surface area contributed by atoms with Gasteiger partial charge in [0.25, 0.3) is 0 Å². The summed E-state index contributed by atoms with van der Waals surface area (Å²) in [7, 11) is 0. The molecule has 0 spiro atoms. The van der Waals surface area contributed by atoms with Crippen LogP contribution in [0.4, 0.5) is 4.39 Å². The Hall–Kier alpha value is -1.39. The van der Waals surface area contributed by atoms with Crippen molar-refractivity contribution in [3.05, 3.63) is 57.3 Å². The minimum atomic E-state index is -0.442. The van der Waals surface area contributed by atoms with Crippen LogP contribution in [0.3, 0.4) is 0 Å². The van der Waals surface area contributed by atoms with Crippen LogP contribution >= 0.6 is 27.5 Å². The number of carbonyl (C=O) groups is 1. The molecular formula is C13H7BrClFO2. The zero-order valence-corrected chi connectivity index (χ0v) is 11.3. The molecule has 92 valence electrons. The van der Waals surface area contributed by atoms with E-state index >= 15 is 0 Å². The van der Waals surface area contributed by atoms with Crippen molar-refractivity contribution < 1.29 is 13.9 Å². The lowest BCUT2D eigenvalue weighted by atomic mass is 10.2. The first-order chi connectivity index (χ1) is 8.61. The fraction of sp³-hybridized carbons (Fsp3) is 0. The molecule has 0 radical (unpaired) electrons. The molecule has 2 rings (SSSR count). The lowest BCUT2D eigenvalue weighted by molar-refractivity contribution is 0.112. The SMILES string of the molecule is O=Cc1c(Cl)cccc1Oc1ccc(Br)c(F)c1. The standard InChI is InChI=1S/C13H7BrClFO2/c14-10-5-4-8(6-12(10)16)18-13-3-1-2-11(15)9(13)7-17/h1-7H. The maximum absolute atomic E-state index is 13.3. The molecule has 0 saturated carbocycles. The van der Waals surface area contributed by atoms with Gasteiger partial charge >= 0.3 is 0 Å². The highest BCUT2D eigenvalue weighted by molar-refractivity contribution is 9.10. The minimum Gasteiger partial charge on any atom is -0.456 e. The lowest BCUT2D eigenvalue weighted by Gasteiger charge is -2.09. The molecule has 0 aromatic heterocycles. The Morgan fingerprint density at radius 2 is 2.06 bits per heavy atom. The van der Waals surface area contributed by atoms with E-state index in [0.717, 1.165) is 0 Å². The predicted molar refractivity (Wildman–Crippen MR) is 71.0 cm³/mol. The second-order valence-corrected chi connectivity index (χ2v) is 4.71. The third-order valence-electron chi connectivity index (χ3n) is 2.25. The molecule has 0 bridgehead atoms. The smallest absolute Gasteiger partial charge is 0.155 e. The summed E-state index contributed by atoms with van der Waals surface area (Å²) in [6, 6.07) is 9.16. The number of hydrogen-bond acceptors (Lipinski definition) is 2. The Balaban J connectivity index is 2.36. The van der Waals surface area contributed by atoms with Gasteiger partial charge in [-0.05, 0) is 40.2 Å². The van der Waals surface area contributed by atoms with Crippen molar-refractivity contribution in [3.63, 3.8) is 0 Å². The van der Waals surface area contributed by atoms with Crippen molar-refractivity contribution in [1.29, 1.82) is 0 Å². The molecule has 0 aliphatic carbocycles. The van der Waals surface area contributed by atoms with Gasteiger partial charge in [-0.15, -0.1) is 0 Å². The van der Waals surface area contributed by atoms with Crippen molar-refractivity contribution in [2.24, 2.45) is 0 Å². The summed E-state index contributed by atoms with van der Waals surface area (Å²) in [5.41, 5.74) is 0.238. The summed E-state index contributed by atoms with van der Waals surface area (Å²) in [6.45, 7) is 0. The summed E-state index contributed by atoms with van der Waals surface area (Å²) >= 11 is 8.91. The predicted octanol–water partition coefficient (Wildman–Crippen LogP) is 4.85. The second-order valence-electron chi connectivity index (χ2n) is 3.45. The van der Waals surface area contributed by atoms with Crippen molar-refractivity contribution in [1.82, 2.24) is 0 Å². The molecule has 0 amide bonds. The van der Waals surface area contributed by atoms with Crippen LogP contribution in [0.1, 0.15) is 10.4 Å². The lowest BCUT2D eigenvalue weighted by Crippen LogP contribution is -1.92. The van der Waals surface area contributed by atoms with Gasteiger partial charge in [-0.25, -0.2) is 4.39 Å². The summed E-state index contributed by atoms with van der Waals surface area (Å²) in [6.07, 6.45) is 0.604. The molecule has 0 N–H and O–H groups in total. The topological polar surface area (TPSA) is 26.3 Å². The Morgan fingerprint density at radius 3 is 2.72 bits per heavy atom. The van der Waals surface area contributed by atoms with Crippen LogP contribution in [-0.4, -0.2) is 6.29 Å². The normalized spacial score (nSPS) is 10.2. The van der Waals surface area contributed by atoms with Gasteiger partial charge in [0.2, 0.25) is 0 Å². The molecule has 0 saturated heterocycles. The van der Waals surface area contributed by atoms with E-state index in [1.54, 1.807) is 24.3 Å². The Labute approximate surface area is 116 Å². The van der Waals surface area contributed by atoms with Gasteiger partial charge in [0.1, 0.15) is 17.3 Å². The van der Waals surface area contributed by atoms with Gasteiger partial charge in [0, 0.05) is 6.07 Å². The first-order valence-electron chi connectivity index (χ1n) is 4.98. The Kier molecular flexibility index (Phi) is 3.99. The second kappa shape index (κ2) is 5.50. The number of ether oxygens (including phenoxy) is 1. The summed E-state index contributed by atoms with van der Waals surface area (Å²) in [5.74, 6) is 0.141. The van der Waals surface area contributed by atoms with E-state index in [2.05, 4.69) is 15.9 Å². The fourth-order valence-corrected chi connectivity index (χ4v) is 1.84. The average Bonchev–Trinajstić information content (AvgIpc) is 2.34. The minimum absolute atomic E-state index is 0.238. The number of hydrogen-bond donors (Lipinski definition) is 0. The molecule has 2 aromatic rings. The first-order valence-corrected chi connectivity index (χ1v) is 6.15. The van der Waals surface area contributed by atoms with Gasteiger partial charge in [-0.2, -0.15) is 0 Å². The van der Waals surface area contributed by atoms with Gasteiger partial charge < -0.3 is 4.74 Å². The van der Waals surface area contributed by atoms with Crippen molar-refractivity contribution in [2.45, 2.75) is 0 Å². The monoisotopic (exact) mass is 328 g/mol. The molecule has 5 heteroatoms. The largest absolute Gasteiger partial charge is 0.456 e. The Bertz CT molecular complexity index is 602. The van der Waals surface area contributed by atoms with E-state index in [1.807, 2.05) is 0 Å². The molecule has 0 fully saturated rings. The van der Waals surface area contributed by atoms with E-state index in [1.165, 1.54) is 12.1 Å². The molecule has 2 aromatic carbocycles. The van der Waals surface area contributed by atoms with E-state index < -0.39 is 5.82 Å². The van der Waals surface area contributed by atoms with Crippen LogP contribution in [0, 0.1) is 5.82 Å². The van der Waals surface area contributed by atoms with Crippen molar-refractivity contribution in [2.75, 3.05) is 0 Å². The summed E-state index contributed by atoms with van der Waals surface area (Å²) < 4.78 is 19.1. The molecular weight excluding hydrogens is 322 g/mol. The van der Waals surface area contributed by atoms with Crippen LogP contribution in [-0.2, 0) is 0 Å². The van der Waals surface area contributed by atoms with E-state index in [0.29, 0.717) is 27.3 Å². The maximum Gasteiger partial charge on any atom is 0.155 e. The molecule has 0 heterocycles. The molecule has 2 nitrogen and oxygen atoms in total. The first kappa shape index (κ1) is 13.1. The van der Waals surface area contributed by atoms with Crippen LogP contribution in [0.25, 0.3) is 0 Å². The van der Waals surface area contributed by atoms with Gasteiger partial charge in [-0.1, -0.05) is 17.7 Å². The van der Waals surface area contributed by atoms with E-state index in [-0.39, 0.29) is 5.56 Å². The number of aldehydes is 1. The third kappa shape index (κ3) is 2.71. The van der Waals surface area contributed by atoms with Crippen LogP contribution in [0.15, 0.2) is 40.9 Å². The van der Waals surface area contributed by atoms with E-state index in [9.17, 15) is 9.18 Å². The van der Waals surface area contributed by atoms with Crippen LogP contribution in [0.2, 0.25) is 5.02 Å². The van der Waals surface area contributed by atoms with Gasteiger partial charge in [0.15, 0.2) is 6.29 Å². The highest BCUT2D eigenvalue weighted by Crippen LogP contribution is 2.30. The van der Waals surface area contributed by atoms with Crippen LogP contribution in [0.5, 0.6) is 11.5 Å². The number of benzene rings is 2. The quantitative estimate of drug-likeness (QED) is 0.753. The zero-order valence-electron chi connectivity index (χ0n) is 8.99. The zero-order chi connectivity index (χ0) is 13.1. The van der Waals surface area contributed by atoms with Gasteiger partial charge in [-0.3, -0.25) is 4.79 Å². The molecule has 0 aliphatic rings. The highest BCUT2D eigenvalue weighted by atomic mass is 79.9. The number of carbonyl (C=O) groups excluding carboxylic acids is 1.